The van der Waals surface area contributed by atoms with Crippen LogP contribution >= 0.6 is 0 Å². The smallest absolute Gasteiger partial charge is 0.128 e. The molecule has 0 aliphatic rings. The summed E-state index contributed by atoms with van der Waals surface area (Å²) < 4.78 is 20.5. The van der Waals surface area contributed by atoms with Gasteiger partial charge in [-0.25, -0.2) is 4.39 Å². The molecule has 2 aromatic rings. The second kappa shape index (κ2) is 8.53. The van der Waals surface area contributed by atoms with E-state index < -0.39 is 0 Å². The lowest BCUT2D eigenvalue weighted by atomic mass is 10.2. The lowest BCUT2D eigenvalue weighted by Crippen LogP contribution is -2.12. The van der Waals surface area contributed by atoms with Crippen molar-refractivity contribution < 1.29 is 9.13 Å². The average molecular weight is 344 g/mol. The maximum absolute atomic E-state index is 13.9. The largest absolute Gasteiger partial charge is 0.502 e. The molecule has 6 N–H and O–H groups in total. The van der Waals surface area contributed by atoms with Crippen LogP contribution in [0.3, 0.4) is 0 Å². The first-order valence-electron chi connectivity index (χ1n) is 7.54. The van der Waals surface area contributed by atoms with Crippen LogP contribution < -0.4 is 16.8 Å². The number of amidine groups is 1. The number of methoxy groups -OCH3 is 1. The topological polar surface area (TPSA) is 115 Å². The second-order valence-corrected chi connectivity index (χ2v) is 5.25. The number of halogens is 1. The maximum Gasteiger partial charge on any atom is 0.128 e. The lowest BCUT2D eigenvalue weighted by Gasteiger charge is -2.08. The molecule has 0 unspecified atom stereocenters. The van der Waals surface area contributed by atoms with Crippen LogP contribution in [0.2, 0.25) is 0 Å². The maximum atomic E-state index is 13.9. The lowest BCUT2D eigenvalue weighted by molar-refractivity contribution is 0.339. The molecule has 0 bridgehead atoms. The molecule has 2 rings (SSSR count). The fraction of sp³-hybridized carbons (Fsp3) is 0.176. The van der Waals surface area contributed by atoms with E-state index in [1.165, 1.54) is 25.5 Å². The SMILES string of the molecule is CO/C=C(\N)c1cc(CNC=CC(=N)N)nn1Cc1ccccc1F. The van der Waals surface area contributed by atoms with Gasteiger partial charge in [0.2, 0.25) is 0 Å². The summed E-state index contributed by atoms with van der Waals surface area (Å²) in [6.45, 7) is 0.644. The van der Waals surface area contributed by atoms with Gasteiger partial charge in [-0.3, -0.25) is 10.1 Å². The van der Waals surface area contributed by atoms with Crippen LogP contribution in [-0.2, 0) is 17.8 Å². The van der Waals surface area contributed by atoms with E-state index in [0.29, 0.717) is 29.2 Å². The Morgan fingerprint density at radius 2 is 2.16 bits per heavy atom. The van der Waals surface area contributed by atoms with Crippen LogP contribution in [-0.4, -0.2) is 22.7 Å². The number of nitrogens with two attached hydrogens (primary N) is 2. The Bertz CT molecular complexity index is 796. The van der Waals surface area contributed by atoms with E-state index in [0.717, 1.165) is 0 Å². The molecule has 7 nitrogen and oxygen atoms in total. The number of nitrogens with zero attached hydrogens (tertiary/aromatic N) is 2. The van der Waals surface area contributed by atoms with Gasteiger partial charge in [-0.1, -0.05) is 18.2 Å². The van der Waals surface area contributed by atoms with E-state index in [-0.39, 0.29) is 18.2 Å². The summed E-state index contributed by atoms with van der Waals surface area (Å²) in [5, 5.41) is 14.6. The summed E-state index contributed by atoms with van der Waals surface area (Å²) in [4.78, 5) is 0. The van der Waals surface area contributed by atoms with Gasteiger partial charge in [0.15, 0.2) is 0 Å². The Morgan fingerprint density at radius 3 is 2.84 bits per heavy atom. The van der Waals surface area contributed by atoms with E-state index in [2.05, 4.69) is 10.4 Å². The highest BCUT2D eigenvalue weighted by molar-refractivity contribution is 5.88. The summed E-state index contributed by atoms with van der Waals surface area (Å²) >= 11 is 0. The van der Waals surface area contributed by atoms with Crippen molar-refractivity contribution in [3.63, 3.8) is 0 Å². The molecular weight excluding hydrogens is 323 g/mol. The van der Waals surface area contributed by atoms with Gasteiger partial charge in [0, 0.05) is 11.8 Å². The summed E-state index contributed by atoms with van der Waals surface area (Å²) in [5.41, 5.74) is 13.5. The Morgan fingerprint density at radius 1 is 1.40 bits per heavy atom. The van der Waals surface area contributed by atoms with Crippen LogP contribution in [0.4, 0.5) is 4.39 Å². The number of nitrogens with one attached hydrogen (secondary N) is 2. The van der Waals surface area contributed by atoms with Crippen LogP contribution in [0.1, 0.15) is 17.0 Å². The van der Waals surface area contributed by atoms with E-state index >= 15 is 0 Å². The Kier molecular flexibility index (Phi) is 6.16. The van der Waals surface area contributed by atoms with Crippen LogP contribution in [0.25, 0.3) is 5.70 Å². The van der Waals surface area contributed by atoms with Crippen LogP contribution in [0.5, 0.6) is 0 Å². The first-order valence-corrected chi connectivity index (χ1v) is 7.54. The normalized spacial score (nSPS) is 11.7. The molecule has 0 fully saturated rings. The van der Waals surface area contributed by atoms with Crippen LogP contribution in [0.15, 0.2) is 48.9 Å². The Hall–Kier alpha value is -3.29. The standard InChI is InChI=1S/C17H21FN6O/c1-25-11-15(19)16-8-13(9-22-7-6-17(20)21)23-24(16)10-12-4-2-3-5-14(12)18/h2-8,11,22H,9-10,19H2,1H3,(H3,20,21)/b7-6?,15-11-. The molecule has 0 aliphatic carbocycles. The highest BCUT2D eigenvalue weighted by Gasteiger charge is 2.12. The van der Waals surface area contributed by atoms with Gasteiger partial charge < -0.3 is 21.5 Å². The van der Waals surface area contributed by atoms with E-state index in [1.54, 1.807) is 35.1 Å². The first-order chi connectivity index (χ1) is 12.0. The minimum Gasteiger partial charge on any atom is -0.502 e. The fourth-order valence-electron chi connectivity index (χ4n) is 2.20. The first kappa shape index (κ1) is 18.1. The van der Waals surface area contributed by atoms with Crippen molar-refractivity contribution in [2.24, 2.45) is 11.5 Å². The molecule has 0 aliphatic heterocycles. The number of benzene rings is 1. The van der Waals surface area contributed by atoms with Crippen molar-refractivity contribution in [3.8, 4) is 0 Å². The molecule has 0 radical (unpaired) electrons. The van der Waals surface area contributed by atoms with Crippen LogP contribution in [0, 0.1) is 11.2 Å². The molecule has 0 spiro atoms. The van der Waals surface area contributed by atoms with Crippen molar-refractivity contribution in [1.82, 2.24) is 15.1 Å². The zero-order valence-electron chi connectivity index (χ0n) is 13.9. The third-order valence-electron chi connectivity index (χ3n) is 3.31. The summed E-state index contributed by atoms with van der Waals surface area (Å²) in [6.07, 6.45) is 4.39. The predicted molar refractivity (Wildman–Crippen MR) is 94.8 cm³/mol. The molecule has 1 aromatic heterocycles. The highest BCUT2D eigenvalue weighted by Crippen LogP contribution is 2.16. The number of rotatable bonds is 8. The predicted octanol–water partition coefficient (Wildman–Crippen LogP) is 1.51. The third kappa shape index (κ3) is 5.10. The van der Waals surface area contributed by atoms with Gasteiger partial charge in [-0.2, -0.15) is 5.10 Å². The number of aromatic nitrogens is 2. The number of ether oxygens (including phenoxy) is 1. The molecular formula is C17H21FN6O. The number of hydrogen-bond donors (Lipinski definition) is 4. The van der Waals surface area contributed by atoms with Crippen molar-refractivity contribution in [2.75, 3.05) is 7.11 Å². The molecule has 0 amide bonds. The van der Waals surface area contributed by atoms with Gasteiger partial charge in [-0.15, -0.1) is 0 Å². The van der Waals surface area contributed by atoms with Crippen molar-refractivity contribution in [2.45, 2.75) is 13.1 Å². The minimum absolute atomic E-state index is 0.0504. The Balaban J connectivity index is 2.25. The quantitative estimate of drug-likeness (QED) is 0.329. The van der Waals surface area contributed by atoms with Crippen molar-refractivity contribution >= 4 is 11.5 Å². The molecule has 132 valence electrons. The van der Waals surface area contributed by atoms with Crippen molar-refractivity contribution in [3.05, 3.63) is 71.6 Å². The molecule has 0 atom stereocenters. The fourth-order valence-corrected chi connectivity index (χ4v) is 2.20. The minimum atomic E-state index is -0.303. The summed E-state index contributed by atoms with van der Waals surface area (Å²) in [7, 11) is 1.50. The average Bonchev–Trinajstić information content (AvgIpc) is 2.97. The van der Waals surface area contributed by atoms with Crippen molar-refractivity contribution in [1.29, 1.82) is 5.41 Å². The van der Waals surface area contributed by atoms with Gasteiger partial charge in [0.1, 0.15) is 17.9 Å². The van der Waals surface area contributed by atoms with E-state index in [4.69, 9.17) is 21.6 Å². The molecule has 8 heteroatoms. The number of hydrogen-bond acceptors (Lipinski definition) is 5. The van der Waals surface area contributed by atoms with Gasteiger partial charge in [-0.05, 0) is 18.2 Å². The molecule has 0 saturated carbocycles. The van der Waals surface area contributed by atoms with E-state index in [1.807, 2.05) is 0 Å². The monoisotopic (exact) mass is 344 g/mol. The summed E-state index contributed by atoms with van der Waals surface area (Å²) in [5.74, 6) is -0.354. The molecule has 1 heterocycles. The molecule has 1 aromatic carbocycles. The Labute approximate surface area is 145 Å². The third-order valence-corrected chi connectivity index (χ3v) is 3.31. The van der Waals surface area contributed by atoms with E-state index in [9.17, 15) is 4.39 Å². The zero-order valence-corrected chi connectivity index (χ0v) is 13.9. The van der Waals surface area contributed by atoms with Gasteiger partial charge in [0.05, 0.1) is 37.3 Å². The summed E-state index contributed by atoms with van der Waals surface area (Å²) in [6, 6.07) is 8.30. The van der Waals surface area contributed by atoms with Gasteiger partial charge >= 0.3 is 0 Å². The van der Waals surface area contributed by atoms with Gasteiger partial charge in [0.25, 0.3) is 0 Å². The zero-order chi connectivity index (χ0) is 18.2. The second-order valence-electron chi connectivity index (χ2n) is 5.25. The molecule has 0 saturated heterocycles. The molecule has 25 heavy (non-hydrogen) atoms. The highest BCUT2D eigenvalue weighted by atomic mass is 19.1.